The standard InChI is InChI=1S/C14H12Cl2N2O2/c15-12-5-11(18(19)20)6-13(16)14(12)17-7-9-3-1-2-4-10(9)8-17/h5-8H,1-4H2. The highest BCUT2D eigenvalue weighted by atomic mass is 35.5. The van der Waals surface area contributed by atoms with Gasteiger partial charge in [0.15, 0.2) is 0 Å². The second-order valence-corrected chi connectivity index (χ2v) is 5.75. The van der Waals surface area contributed by atoms with Crippen molar-refractivity contribution in [2.24, 2.45) is 0 Å². The highest BCUT2D eigenvalue weighted by molar-refractivity contribution is 6.38. The molecule has 0 spiro atoms. The lowest BCUT2D eigenvalue weighted by Crippen LogP contribution is -1.97. The van der Waals surface area contributed by atoms with Crippen LogP contribution in [0.3, 0.4) is 0 Å². The normalized spacial score (nSPS) is 14.1. The van der Waals surface area contributed by atoms with Gasteiger partial charge in [0, 0.05) is 24.5 Å². The summed E-state index contributed by atoms with van der Waals surface area (Å²) in [5.41, 5.74) is 3.12. The first kappa shape index (κ1) is 13.5. The minimum atomic E-state index is -0.498. The van der Waals surface area contributed by atoms with E-state index in [1.54, 1.807) is 0 Å². The van der Waals surface area contributed by atoms with Crippen molar-refractivity contribution in [1.82, 2.24) is 4.57 Å². The van der Waals surface area contributed by atoms with Gasteiger partial charge in [0.25, 0.3) is 5.69 Å². The molecule has 3 rings (SSSR count). The molecule has 0 N–H and O–H groups in total. The van der Waals surface area contributed by atoms with Gasteiger partial charge in [-0.15, -0.1) is 0 Å². The van der Waals surface area contributed by atoms with E-state index in [1.807, 2.05) is 17.0 Å². The van der Waals surface area contributed by atoms with Gasteiger partial charge in [-0.05, 0) is 36.8 Å². The predicted molar refractivity (Wildman–Crippen MR) is 79.1 cm³/mol. The Hall–Kier alpha value is -1.52. The molecular weight excluding hydrogens is 299 g/mol. The summed E-state index contributed by atoms with van der Waals surface area (Å²) in [4.78, 5) is 10.3. The number of benzene rings is 1. The molecule has 2 aromatic rings. The number of fused-ring (bicyclic) bond motifs is 1. The smallest absolute Gasteiger partial charge is 0.272 e. The third kappa shape index (κ3) is 2.30. The van der Waals surface area contributed by atoms with Gasteiger partial charge >= 0.3 is 0 Å². The number of aryl methyl sites for hydroxylation is 2. The first-order valence-electron chi connectivity index (χ1n) is 6.40. The molecule has 1 aromatic heterocycles. The third-order valence-electron chi connectivity index (χ3n) is 3.62. The van der Waals surface area contributed by atoms with Crippen molar-refractivity contribution in [3.8, 4) is 5.69 Å². The molecular formula is C14H12Cl2N2O2. The van der Waals surface area contributed by atoms with Crippen molar-refractivity contribution in [3.05, 3.63) is 55.8 Å². The molecule has 1 aromatic carbocycles. The van der Waals surface area contributed by atoms with Crippen molar-refractivity contribution in [3.63, 3.8) is 0 Å². The number of rotatable bonds is 2. The Morgan fingerprint density at radius 1 is 1.05 bits per heavy atom. The van der Waals surface area contributed by atoms with Crippen LogP contribution in [0.25, 0.3) is 5.69 Å². The molecule has 0 radical (unpaired) electrons. The van der Waals surface area contributed by atoms with Gasteiger partial charge in [0.2, 0.25) is 0 Å². The maximum Gasteiger partial charge on any atom is 0.272 e. The summed E-state index contributed by atoms with van der Waals surface area (Å²) < 4.78 is 1.88. The molecule has 0 unspecified atom stereocenters. The fourth-order valence-corrected chi connectivity index (χ4v) is 3.32. The van der Waals surface area contributed by atoms with Gasteiger partial charge in [-0.3, -0.25) is 10.1 Å². The van der Waals surface area contributed by atoms with Crippen LogP contribution >= 0.6 is 23.2 Å². The van der Waals surface area contributed by atoms with Gasteiger partial charge in [-0.2, -0.15) is 0 Å². The van der Waals surface area contributed by atoms with Crippen molar-refractivity contribution >= 4 is 28.9 Å². The highest BCUT2D eigenvalue weighted by Gasteiger charge is 2.18. The monoisotopic (exact) mass is 310 g/mol. The summed E-state index contributed by atoms with van der Waals surface area (Å²) >= 11 is 12.3. The summed E-state index contributed by atoms with van der Waals surface area (Å²) in [6, 6.07) is 2.67. The summed E-state index contributed by atoms with van der Waals surface area (Å²) in [5, 5.41) is 11.4. The Morgan fingerprint density at radius 2 is 1.55 bits per heavy atom. The maximum absolute atomic E-state index is 10.8. The van der Waals surface area contributed by atoms with E-state index in [9.17, 15) is 10.1 Å². The third-order valence-corrected chi connectivity index (χ3v) is 4.19. The minimum absolute atomic E-state index is 0.0966. The molecule has 1 aliphatic rings. The lowest BCUT2D eigenvalue weighted by molar-refractivity contribution is -0.384. The minimum Gasteiger partial charge on any atom is -0.321 e. The lowest BCUT2D eigenvalue weighted by Gasteiger charge is -2.08. The Bertz CT molecular complexity index is 648. The Morgan fingerprint density at radius 3 is 2.00 bits per heavy atom. The molecule has 0 fully saturated rings. The number of nitrogens with zero attached hydrogens (tertiary/aromatic N) is 2. The van der Waals surface area contributed by atoms with Gasteiger partial charge in [0.1, 0.15) is 0 Å². The van der Waals surface area contributed by atoms with Crippen LogP contribution < -0.4 is 0 Å². The van der Waals surface area contributed by atoms with Crippen molar-refractivity contribution in [2.75, 3.05) is 0 Å². The van der Waals surface area contributed by atoms with E-state index in [0.717, 1.165) is 12.8 Å². The SMILES string of the molecule is O=[N+]([O-])c1cc(Cl)c(-n2cc3c(c2)CCCC3)c(Cl)c1. The zero-order valence-electron chi connectivity index (χ0n) is 10.6. The summed E-state index contributed by atoms with van der Waals surface area (Å²) in [6.45, 7) is 0. The summed E-state index contributed by atoms with van der Waals surface area (Å²) in [7, 11) is 0. The quantitative estimate of drug-likeness (QED) is 0.602. The van der Waals surface area contributed by atoms with E-state index in [-0.39, 0.29) is 15.7 Å². The zero-order valence-corrected chi connectivity index (χ0v) is 12.1. The maximum atomic E-state index is 10.8. The zero-order chi connectivity index (χ0) is 14.3. The van der Waals surface area contributed by atoms with Crippen LogP contribution in [0.4, 0.5) is 5.69 Å². The number of aromatic nitrogens is 1. The topological polar surface area (TPSA) is 48.1 Å². The van der Waals surface area contributed by atoms with Gasteiger partial charge in [-0.25, -0.2) is 0 Å². The number of nitro groups is 1. The van der Waals surface area contributed by atoms with Gasteiger partial charge < -0.3 is 4.57 Å². The highest BCUT2D eigenvalue weighted by Crippen LogP contribution is 2.35. The molecule has 1 heterocycles. The Balaban J connectivity index is 2.10. The Labute approximate surface area is 126 Å². The van der Waals surface area contributed by atoms with E-state index in [1.165, 1.54) is 36.1 Å². The number of hydrogen-bond donors (Lipinski definition) is 0. The fraction of sp³-hybridized carbons (Fsp3) is 0.286. The second kappa shape index (κ2) is 5.11. The second-order valence-electron chi connectivity index (χ2n) is 4.94. The van der Waals surface area contributed by atoms with Gasteiger partial charge in [0.05, 0.1) is 20.7 Å². The fourth-order valence-electron chi connectivity index (χ4n) is 2.65. The molecule has 0 saturated carbocycles. The molecule has 0 atom stereocenters. The van der Waals surface area contributed by atoms with E-state index >= 15 is 0 Å². The van der Waals surface area contributed by atoms with Crippen LogP contribution in [0.2, 0.25) is 10.0 Å². The number of hydrogen-bond acceptors (Lipinski definition) is 2. The average Bonchev–Trinajstić information content (AvgIpc) is 2.80. The first-order chi connectivity index (χ1) is 9.56. The van der Waals surface area contributed by atoms with Crippen LogP contribution in [0.5, 0.6) is 0 Å². The van der Waals surface area contributed by atoms with Crippen LogP contribution in [-0.2, 0) is 12.8 Å². The van der Waals surface area contributed by atoms with E-state index in [0.29, 0.717) is 5.69 Å². The summed E-state index contributed by atoms with van der Waals surface area (Å²) in [6.07, 6.45) is 8.55. The van der Waals surface area contributed by atoms with E-state index in [2.05, 4.69) is 0 Å². The lowest BCUT2D eigenvalue weighted by atomic mass is 9.96. The molecule has 1 aliphatic carbocycles. The molecule has 6 heteroatoms. The Kier molecular flexibility index (Phi) is 3.44. The molecule has 0 bridgehead atoms. The van der Waals surface area contributed by atoms with E-state index < -0.39 is 4.92 Å². The molecule has 0 aliphatic heterocycles. The van der Waals surface area contributed by atoms with Crippen molar-refractivity contribution in [2.45, 2.75) is 25.7 Å². The average molecular weight is 311 g/mol. The molecule has 20 heavy (non-hydrogen) atoms. The van der Waals surface area contributed by atoms with E-state index in [4.69, 9.17) is 23.2 Å². The largest absolute Gasteiger partial charge is 0.321 e. The first-order valence-corrected chi connectivity index (χ1v) is 7.15. The van der Waals surface area contributed by atoms with Gasteiger partial charge in [-0.1, -0.05) is 23.2 Å². The number of non-ortho nitro benzene ring substituents is 1. The summed E-state index contributed by atoms with van der Waals surface area (Å²) in [5.74, 6) is 0. The van der Waals surface area contributed by atoms with Crippen LogP contribution in [0, 0.1) is 10.1 Å². The number of halogens is 2. The van der Waals surface area contributed by atoms with Crippen LogP contribution in [0.15, 0.2) is 24.5 Å². The van der Waals surface area contributed by atoms with Crippen LogP contribution in [-0.4, -0.2) is 9.49 Å². The predicted octanol–water partition coefficient (Wildman–Crippen LogP) is 4.57. The number of nitro benzene ring substituents is 1. The van der Waals surface area contributed by atoms with Crippen molar-refractivity contribution in [1.29, 1.82) is 0 Å². The van der Waals surface area contributed by atoms with Crippen LogP contribution in [0.1, 0.15) is 24.0 Å². The van der Waals surface area contributed by atoms with Crippen molar-refractivity contribution < 1.29 is 4.92 Å². The molecule has 0 amide bonds. The molecule has 104 valence electrons. The molecule has 0 saturated heterocycles. The molecule has 4 nitrogen and oxygen atoms in total.